The third-order valence-electron chi connectivity index (χ3n) is 4.10. The summed E-state index contributed by atoms with van der Waals surface area (Å²) in [5.41, 5.74) is 3.04. The molecule has 1 heterocycles. The first-order valence-corrected chi connectivity index (χ1v) is 9.83. The second kappa shape index (κ2) is 8.06. The predicted molar refractivity (Wildman–Crippen MR) is 114 cm³/mol. The van der Waals surface area contributed by atoms with Crippen molar-refractivity contribution in [2.75, 3.05) is 11.5 Å². The van der Waals surface area contributed by atoms with Crippen LogP contribution in [0.5, 0.6) is 5.75 Å². The van der Waals surface area contributed by atoms with E-state index in [4.69, 9.17) is 17.0 Å². The number of carbonyl (C=O) groups excluding carboxylic acids is 1. The third kappa shape index (κ3) is 4.00. The van der Waals surface area contributed by atoms with E-state index in [1.165, 1.54) is 17.3 Å². The van der Waals surface area contributed by atoms with Gasteiger partial charge >= 0.3 is 0 Å². The molecule has 1 aliphatic heterocycles. The van der Waals surface area contributed by atoms with E-state index in [9.17, 15) is 4.79 Å². The number of thiocarbonyl (C=S) groups is 1. The molecule has 1 amide bonds. The first-order chi connectivity index (χ1) is 12.5. The van der Waals surface area contributed by atoms with E-state index < -0.39 is 0 Å². The zero-order valence-electron chi connectivity index (χ0n) is 15.1. The smallest absolute Gasteiger partial charge is 0.270 e. The molecule has 0 atom stereocenters. The molecule has 0 N–H and O–H groups in total. The average Bonchev–Trinajstić information content (AvgIpc) is 2.90. The predicted octanol–water partition coefficient (Wildman–Crippen LogP) is 5.61. The van der Waals surface area contributed by atoms with E-state index in [1.807, 2.05) is 49.4 Å². The summed E-state index contributed by atoms with van der Waals surface area (Å²) in [6.45, 7) is 6.88. The van der Waals surface area contributed by atoms with E-state index in [0.717, 1.165) is 17.0 Å². The fourth-order valence-electron chi connectivity index (χ4n) is 2.68. The Morgan fingerprint density at radius 3 is 2.35 bits per heavy atom. The molecule has 2 aromatic rings. The zero-order valence-corrected chi connectivity index (χ0v) is 16.7. The summed E-state index contributed by atoms with van der Waals surface area (Å²) in [7, 11) is 0. The molecular weight excluding hydrogens is 362 g/mol. The lowest BCUT2D eigenvalue weighted by Crippen LogP contribution is -2.27. The summed E-state index contributed by atoms with van der Waals surface area (Å²) in [5.74, 6) is 1.18. The Balaban J connectivity index is 1.81. The number of amides is 1. The van der Waals surface area contributed by atoms with Gasteiger partial charge in [-0.25, -0.2) is 0 Å². The Morgan fingerprint density at radius 2 is 1.77 bits per heavy atom. The molecule has 1 aliphatic rings. The molecular formula is C21H21NO2S2. The lowest BCUT2D eigenvalue weighted by molar-refractivity contribution is -0.113. The first-order valence-electron chi connectivity index (χ1n) is 8.60. The van der Waals surface area contributed by atoms with Gasteiger partial charge in [0.15, 0.2) is 4.32 Å². The van der Waals surface area contributed by atoms with Crippen molar-refractivity contribution in [2.24, 2.45) is 0 Å². The topological polar surface area (TPSA) is 29.5 Å². The molecule has 0 spiro atoms. The normalized spacial score (nSPS) is 16.0. The Labute approximate surface area is 164 Å². The minimum atomic E-state index is -0.0860. The number of anilines is 1. The third-order valence-corrected chi connectivity index (χ3v) is 5.40. The zero-order chi connectivity index (χ0) is 18.7. The minimum Gasteiger partial charge on any atom is -0.494 e. The molecule has 26 heavy (non-hydrogen) atoms. The number of nitrogens with zero attached hydrogens (tertiary/aromatic N) is 1. The van der Waals surface area contributed by atoms with Gasteiger partial charge < -0.3 is 4.74 Å². The van der Waals surface area contributed by atoms with Crippen LogP contribution in [0.25, 0.3) is 6.08 Å². The molecule has 0 aliphatic carbocycles. The first kappa shape index (κ1) is 18.7. The molecule has 5 heteroatoms. The Hall–Kier alpha value is -2.11. The summed E-state index contributed by atoms with van der Waals surface area (Å²) in [5, 5.41) is 0. The van der Waals surface area contributed by atoms with Crippen LogP contribution in [0, 0.1) is 0 Å². The maximum absolute atomic E-state index is 12.8. The van der Waals surface area contributed by atoms with Crippen LogP contribution in [0.2, 0.25) is 0 Å². The van der Waals surface area contributed by atoms with Crippen LogP contribution in [-0.4, -0.2) is 16.8 Å². The van der Waals surface area contributed by atoms with Gasteiger partial charge in [0.1, 0.15) is 5.75 Å². The summed E-state index contributed by atoms with van der Waals surface area (Å²) in [4.78, 5) is 15.0. The number of carbonyl (C=O) groups is 1. The van der Waals surface area contributed by atoms with Crippen molar-refractivity contribution < 1.29 is 9.53 Å². The highest BCUT2D eigenvalue weighted by atomic mass is 32.2. The van der Waals surface area contributed by atoms with Crippen molar-refractivity contribution in [3.05, 3.63) is 64.6 Å². The van der Waals surface area contributed by atoms with Gasteiger partial charge in [-0.1, -0.05) is 62.1 Å². The highest BCUT2D eigenvalue weighted by molar-refractivity contribution is 8.27. The van der Waals surface area contributed by atoms with Gasteiger partial charge in [0.2, 0.25) is 0 Å². The molecule has 0 unspecified atom stereocenters. The molecule has 0 bridgehead atoms. The van der Waals surface area contributed by atoms with E-state index >= 15 is 0 Å². The van der Waals surface area contributed by atoms with Crippen LogP contribution in [-0.2, 0) is 4.79 Å². The van der Waals surface area contributed by atoms with Crippen LogP contribution in [0.1, 0.15) is 37.8 Å². The van der Waals surface area contributed by atoms with Crippen molar-refractivity contribution in [1.82, 2.24) is 0 Å². The van der Waals surface area contributed by atoms with E-state index in [2.05, 4.69) is 26.0 Å². The fraction of sp³-hybridized carbons (Fsp3) is 0.238. The molecule has 0 aromatic heterocycles. The maximum atomic E-state index is 12.8. The highest BCUT2D eigenvalue weighted by Crippen LogP contribution is 2.36. The Morgan fingerprint density at radius 1 is 1.12 bits per heavy atom. The number of thioether (sulfide) groups is 1. The summed E-state index contributed by atoms with van der Waals surface area (Å²) in [6, 6.07) is 15.7. The molecule has 134 valence electrons. The lowest BCUT2D eigenvalue weighted by atomic mass is 10.0. The van der Waals surface area contributed by atoms with Crippen LogP contribution in [0.3, 0.4) is 0 Å². The largest absolute Gasteiger partial charge is 0.494 e. The standard InChI is InChI=1S/C21H21NO2S2/c1-4-24-18-11-9-17(10-12-18)22-20(23)19(26-21(22)25)13-15-5-7-16(8-6-15)14(2)3/h5-14H,4H2,1-3H3/b19-13+. The van der Waals surface area contributed by atoms with Crippen molar-refractivity contribution in [1.29, 1.82) is 0 Å². The van der Waals surface area contributed by atoms with Crippen molar-refractivity contribution in [3.8, 4) is 5.75 Å². The fourth-order valence-corrected chi connectivity index (χ4v) is 3.98. The maximum Gasteiger partial charge on any atom is 0.270 e. The Bertz CT molecular complexity index is 839. The van der Waals surface area contributed by atoms with E-state index in [1.54, 1.807) is 4.90 Å². The average molecular weight is 384 g/mol. The van der Waals surface area contributed by atoms with Crippen molar-refractivity contribution in [3.63, 3.8) is 0 Å². The number of benzene rings is 2. The highest BCUT2D eigenvalue weighted by Gasteiger charge is 2.33. The second-order valence-corrected chi connectivity index (χ2v) is 7.94. The van der Waals surface area contributed by atoms with Gasteiger partial charge in [-0.05, 0) is 54.3 Å². The van der Waals surface area contributed by atoms with Crippen LogP contribution in [0.4, 0.5) is 5.69 Å². The van der Waals surface area contributed by atoms with Gasteiger partial charge in [0.05, 0.1) is 17.2 Å². The van der Waals surface area contributed by atoms with E-state index in [-0.39, 0.29) is 5.91 Å². The lowest BCUT2D eigenvalue weighted by Gasteiger charge is -2.15. The molecule has 3 rings (SSSR count). The van der Waals surface area contributed by atoms with Gasteiger partial charge in [-0.2, -0.15) is 0 Å². The van der Waals surface area contributed by atoms with Gasteiger partial charge in [0.25, 0.3) is 5.91 Å². The number of hydrogen-bond donors (Lipinski definition) is 0. The molecule has 3 nitrogen and oxygen atoms in total. The number of hydrogen-bond acceptors (Lipinski definition) is 4. The van der Waals surface area contributed by atoms with Crippen LogP contribution in [0.15, 0.2) is 53.4 Å². The second-order valence-electron chi connectivity index (χ2n) is 6.27. The monoisotopic (exact) mass is 383 g/mol. The number of ether oxygens (including phenoxy) is 1. The van der Waals surface area contributed by atoms with Crippen molar-refractivity contribution >= 4 is 46.0 Å². The molecule has 0 saturated carbocycles. The van der Waals surface area contributed by atoms with Gasteiger partial charge in [0, 0.05) is 0 Å². The van der Waals surface area contributed by atoms with Gasteiger partial charge in [-0.15, -0.1) is 0 Å². The SMILES string of the molecule is CCOc1ccc(N2C(=O)/C(=C\c3ccc(C(C)C)cc3)SC2=S)cc1. The van der Waals surface area contributed by atoms with Crippen LogP contribution >= 0.6 is 24.0 Å². The summed E-state index contributed by atoms with van der Waals surface area (Å²) in [6.07, 6.45) is 1.90. The minimum absolute atomic E-state index is 0.0860. The van der Waals surface area contributed by atoms with Crippen LogP contribution < -0.4 is 9.64 Å². The Kier molecular flexibility index (Phi) is 5.79. The van der Waals surface area contributed by atoms with E-state index in [0.29, 0.717) is 21.8 Å². The molecule has 1 fully saturated rings. The quantitative estimate of drug-likeness (QED) is 0.495. The van der Waals surface area contributed by atoms with Gasteiger partial charge in [-0.3, -0.25) is 9.69 Å². The molecule has 2 aromatic carbocycles. The number of rotatable bonds is 5. The summed E-state index contributed by atoms with van der Waals surface area (Å²) < 4.78 is 6.00. The van der Waals surface area contributed by atoms with Crippen molar-refractivity contribution in [2.45, 2.75) is 26.7 Å². The summed E-state index contributed by atoms with van der Waals surface area (Å²) >= 11 is 6.76. The molecule has 0 radical (unpaired) electrons. The molecule has 1 saturated heterocycles.